The quantitative estimate of drug-likeness (QED) is 0.476. The van der Waals surface area contributed by atoms with Gasteiger partial charge in [0, 0.05) is 17.2 Å². The topological polar surface area (TPSA) is 72.9 Å². The van der Waals surface area contributed by atoms with Gasteiger partial charge in [-0.15, -0.1) is 0 Å². The van der Waals surface area contributed by atoms with Crippen LogP contribution in [-0.2, 0) is 14.3 Å². The third-order valence-corrected chi connectivity index (χ3v) is 3.92. The maximum Gasteiger partial charge on any atom is 0.513 e. The van der Waals surface area contributed by atoms with Crippen LogP contribution in [0.2, 0.25) is 0 Å². The van der Waals surface area contributed by atoms with E-state index in [0.29, 0.717) is 24.0 Å². The van der Waals surface area contributed by atoms with E-state index in [1.807, 2.05) is 0 Å². The van der Waals surface area contributed by atoms with E-state index in [2.05, 4.69) is 4.74 Å². The summed E-state index contributed by atoms with van der Waals surface area (Å²) in [4.78, 5) is 36.6. The van der Waals surface area contributed by atoms with Crippen molar-refractivity contribution < 1.29 is 28.2 Å². The molecule has 1 aromatic carbocycles. The number of methoxy groups -OCH3 is 1. The fourth-order valence-electron chi connectivity index (χ4n) is 2.83. The smallest absolute Gasteiger partial charge is 0.437 e. The van der Waals surface area contributed by atoms with Crippen LogP contribution >= 0.6 is 0 Å². The van der Waals surface area contributed by atoms with Crippen LogP contribution in [0.15, 0.2) is 29.3 Å². The highest BCUT2D eigenvalue weighted by atomic mass is 19.1. The first-order chi connectivity index (χ1) is 11.0. The lowest BCUT2D eigenvalue weighted by atomic mass is 9.93. The number of imide groups is 1. The third-order valence-electron chi connectivity index (χ3n) is 3.92. The summed E-state index contributed by atoms with van der Waals surface area (Å²) >= 11 is 0. The number of carbonyl (C=O) groups is 3. The number of amides is 2. The van der Waals surface area contributed by atoms with Gasteiger partial charge >= 0.3 is 6.16 Å². The molecule has 0 aromatic heterocycles. The molecule has 2 aliphatic rings. The molecule has 1 heterocycles. The lowest BCUT2D eigenvalue weighted by Gasteiger charge is -2.16. The van der Waals surface area contributed by atoms with Crippen molar-refractivity contribution in [1.82, 2.24) is 0 Å². The van der Waals surface area contributed by atoms with E-state index in [1.165, 1.54) is 12.1 Å². The Balaban J connectivity index is 1.89. The summed E-state index contributed by atoms with van der Waals surface area (Å²) in [6, 6.07) is 3.47. The molecule has 1 aliphatic carbocycles. The Hall–Kier alpha value is -2.70. The van der Waals surface area contributed by atoms with Crippen LogP contribution in [0, 0.1) is 5.82 Å². The molecule has 3 rings (SSSR count). The molecule has 0 fully saturated rings. The van der Waals surface area contributed by atoms with E-state index < -0.39 is 23.8 Å². The molecule has 0 radical (unpaired) electrons. The van der Waals surface area contributed by atoms with Gasteiger partial charge in [-0.05, 0) is 37.8 Å². The first-order valence-electron chi connectivity index (χ1n) is 7.19. The summed E-state index contributed by atoms with van der Waals surface area (Å²) in [6.07, 6.45) is 1.80. The first kappa shape index (κ1) is 15.2. The van der Waals surface area contributed by atoms with E-state index >= 15 is 0 Å². The minimum absolute atomic E-state index is 0.0742. The Morgan fingerprint density at radius 2 is 1.74 bits per heavy atom. The van der Waals surface area contributed by atoms with Crippen molar-refractivity contribution in [3.8, 4) is 5.75 Å². The molecule has 0 bridgehead atoms. The van der Waals surface area contributed by atoms with Gasteiger partial charge in [0.1, 0.15) is 5.75 Å². The summed E-state index contributed by atoms with van der Waals surface area (Å²) in [7, 11) is 1.13. The van der Waals surface area contributed by atoms with Crippen molar-refractivity contribution in [2.45, 2.75) is 25.7 Å². The van der Waals surface area contributed by atoms with Gasteiger partial charge in [-0.25, -0.2) is 14.1 Å². The average molecular weight is 319 g/mol. The predicted molar refractivity (Wildman–Crippen MR) is 77.4 cm³/mol. The second-order valence-corrected chi connectivity index (χ2v) is 5.28. The largest absolute Gasteiger partial charge is 0.513 e. The molecule has 23 heavy (non-hydrogen) atoms. The van der Waals surface area contributed by atoms with Crippen molar-refractivity contribution in [2.75, 3.05) is 12.0 Å². The van der Waals surface area contributed by atoms with Gasteiger partial charge in [0.15, 0.2) is 5.82 Å². The lowest BCUT2D eigenvalue weighted by molar-refractivity contribution is -0.120. The summed E-state index contributed by atoms with van der Waals surface area (Å²) < 4.78 is 23.3. The Labute approximate surface area is 131 Å². The Bertz CT molecular complexity index is 712. The summed E-state index contributed by atoms with van der Waals surface area (Å²) in [5.74, 6) is -1.83. The van der Waals surface area contributed by atoms with E-state index in [9.17, 15) is 18.8 Å². The zero-order valence-electron chi connectivity index (χ0n) is 12.4. The zero-order chi connectivity index (χ0) is 16.6. The number of hydrogen-bond donors (Lipinski definition) is 0. The molecule has 1 aliphatic heterocycles. The lowest BCUT2D eigenvalue weighted by Crippen LogP contribution is -2.32. The fraction of sp³-hybridized carbons (Fsp3) is 0.312. The van der Waals surface area contributed by atoms with Gasteiger partial charge in [0.2, 0.25) is 0 Å². The molecule has 0 saturated heterocycles. The van der Waals surface area contributed by atoms with E-state index in [4.69, 9.17) is 4.74 Å². The minimum atomic E-state index is -0.984. The summed E-state index contributed by atoms with van der Waals surface area (Å²) in [6.45, 7) is 0. The van der Waals surface area contributed by atoms with Crippen LogP contribution in [-0.4, -0.2) is 25.1 Å². The van der Waals surface area contributed by atoms with Crippen LogP contribution < -0.4 is 9.64 Å². The predicted octanol–water partition coefficient (Wildman–Crippen LogP) is 2.71. The van der Waals surface area contributed by atoms with E-state index in [1.54, 1.807) is 0 Å². The van der Waals surface area contributed by atoms with Gasteiger partial charge in [-0.2, -0.15) is 0 Å². The standard InChI is InChI=1S/C16H14FNO5/c1-22-16(21)23-9-6-7-13(12(17)8-9)18-14(19)10-4-2-3-5-11(10)15(18)20/h6-8H,2-5H2,1H3. The average Bonchev–Trinajstić information content (AvgIpc) is 2.80. The highest BCUT2D eigenvalue weighted by molar-refractivity contribution is 6.33. The molecule has 0 atom stereocenters. The molecule has 2 amide bonds. The molecule has 7 heteroatoms. The summed E-state index contributed by atoms with van der Waals surface area (Å²) in [5.41, 5.74) is 0.817. The second-order valence-electron chi connectivity index (χ2n) is 5.28. The van der Waals surface area contributed by atoms with E-state index in [0.717, 1.165) is 30.9 Å². The Morgan fingerprint density at radius 3 is 2.26 bits per heavy atom. The molecule has 6 nitrogen and oxygen atoms in total. The number of halogens is 1. The zero-order valence-corrected chi connectivity index (χ0v) is 12.4. The number of rotatable bonds is 2. The normalized spacial score (nSPS) is 17.4. The summed E-state index contributed by atoms with van der Waals surface area (Å²) in [5, 5.41) is 0. The highest BCUT2D eigenvalue weighted by Crippen LogP contribution is 2.37. The second kappa shape index (κ2) is 5.83. The molecule has 0 spiro atoms. The Kier molecular flexibility index (Phi) is 3.85. The van der Waals surface area contributed by atoms with Crippen LogP contribution in [0.4, 0.5) is 14.9 Å². The molecule has 120 valence electrons. The van der Waals surface area contributed by atoms with Crippen LogP contribution in [0.3, 0.4) is 0 Å². The first-order valence-corrected chi connectivity index (χ1v) is 7.19. The number of anilines is 1. The van der Waals surface area contributed by atoms with Gasteiger partial charge in [0.05, 0.1) is 12.8 Å². The van der Waals surface area contributed by atoms with Crippen LogP contribution in [0.5, 0.6) is 5.75 Å². The molecular weight excluding hydrogens is 305 g/mol. The van der Waals surface area contributed by atoms with Gasteiger partial charge in [0.25, 0.3) is 11.8 Å². The van der Waals surface area contributed by atoms with Crippen molar-refractivity contribution in [3.63, 3.8) is 0 Å². The van der Waals surface area contributed by atoms with Crippen LogP contribution in [0.1, 0.15) is 25.7 Å². The maximum atomic E-state index is 14.3. The number of ether oxygens (including phenoxy) is 2. The number of carbonyl (C=O) groups excluding carboxylic acids is 3. The van der Waals surface area contributed by atoms with Crippen LogP contribution in [0.25, 0.3) is 0 Å². The number of benzene rings is 1. The Morgan fingerprint density at radius 1 is 1.13 bits per heavy atom. The molecule has 0 N–H and O–H groups in total. The molecule has 1 aromatic rings. The third kappa shape index (κ3) is 2.58. The van der Waals surface area contributed by atoms with E-state index in [-0.39, 0.29) is 11.4 Å². The van der Waals surface area contributed by atoms with Crippen molar-refractivity contribution in [3.05, 3.63) is 35.2 Å². The SMILES string of the molecule is COC(=O)Oc1ccc(N2C(=O)C3=C(CCCC3)C2=O)c(F)c1. The number of hydrogen-bond acceptors (Lipinski definition) is 5. The molecule has 0 unspecified atom stereocenters. The van der Waals surface area contributed by atoms with Crippen molar-refractivity contribution in [1.29, 1.82) is 0 Å². The molecular formula is C16H14FNO5. The fourth-order valence-corrected chi connectivity index (χ4v) is 2.83. The maximum absolute atomic E-state index is 14.3. The number of nitrogens with zero attached hydrogens (tertiary/aromatic N) is 1. The van der Waals surface area contributed by atoms with Crippen molar-refractivity contribution >= 4 is 23.7 Å². The van der Waals surface area contributed by atoms with Gasteiger partial charge in [-0.1, -0.05) is 0 Å². The molecule has 0 saturated carbocycles. The van der Waals surface area contributed by atoms with Gasteiger partial charge in [-0.3, -0.25) is 9.59 Å². The monoisotopic (exact) mass is 319 g/mol. The minimum Gasteiger partial charge on any atom is -0.437 e. The van der Waals surface area contributed by atoms with Gasteiger partial charge < -0.3 is 9.47 Å². The van der Waals surface area contributed by atoms with Crippen molar-refractivity contribution in [2.24, 2.45) is 0 Å². The highest BCUT2D eigenvalue weighted by Gasteiger charge is 2.40.